The Morgan fingerprint density at radius 3 is 2.56 bits per heavy atom. The number of benzene rings is 1. The van der Waals surface area contributed by atoms with E-state index < -0.39 is 15.9 Å². The van der Waals surface area contributed by atoms with Crippen molar-refractivity contribution in [1.29, 1.82) is 0 Å². The molecule has 0 unspecified atom stereocenters. The fraction of sp³-hybridized carbons (Fsp3) is 0.529. The highest BCUT2D eigenvalue weighted by molar-refractivity contribution is 7.92. The van der Waals surface area contributed by atoms with E-state index in [1.54, 1.807) is 12.1 Å². The number of carbonyl (C=O) groups excluding carboxylic acids is 1. The Morgan fingerprint density at radius 1 is 1.28 bits per heavy atom. The topological polar surface area (TPSA) is 88.1 Å². The Morgan fingerprint density at radius 2 is 1.96 bits per heavy atom. The summed E-state index contributed by atoms with van der Waals surface area (Å²) in [5.74, 6) is -0.0884. The summed E-state index contributed by atoms with van der Waals surface area (Å²) >= 11 is 0. The van der Waals surface area contributed by atoms with Crippen LogP contribution in [0, 0.1) is 6.92 Å². The van der Waals surface area contributed by atoms with Crippen molar-refractivity contribution in [1.82, 2.24) is 5.43 Å². The summed E-state index contributed by atoms with van der Waals surface area (Å²) in [7, 11) is -2.20. The van der Waals surface area contributed by atoms with Crippen LogP contribution in [0.1, 0.15) is 37.7 Å². The average Bonchev–Trinajstić information content (AvgIpc) is 2.57. The quantitative estimate of drug-likeness (QED) is 0.781. The number of nitrogens with zero attached hydrogens (tertiary/aromatic N) is 2. The molecule has 0 heterocycles. The molecule has 0 bridgehead atoms. The molecule has 8 heteroatoms. The van der Waals surface area contributed by atoms with E-state index in [1.165, 1.54) is 13.5 Å². The van der Waals surface area contributed by atoms with E-state index in [0.717, 1.165) is 47.5 Å². The van der Waals surface area contributed by atoms with E-state index in [0.29, 0.717) is 11.4 Å². The molecular weight excluding hydrogens is 342 g/mol. The lowest BCUT2D eigenvalue weighted by atomic mass is 9.99. The summed E-state index contributed by atoms with van der Waals surface area (Å²) in [6.45, 7) is 1.49. The molecule has 0 radical (unpaired) electrons. The highest BCUT2D eigenvalue weighted by atomic mass is 32.2. The number of amides is 1. The standard InChI is InChI=1S/C17H25N3O4S/c1-13-9-10-16(24-2)15(11-13)20(25(3,22)23)12-17(21)19-18-14-7-5-4-6-8-14/h9-11H,4-8,12H2,1-3H3,(H,19,21). The van der Waals surface area contributed by atoms with E-state index in [4.69, 9.17) is 4.74 Å². The van der Waals surface area contributed by atoms with Crippen LogP contribution in [0.3, 0.4) is 0 Å². The minimum absolute atomic E-state index is 0.338. The molecule has 1 aromatic carbocycles. The van der Waals surface area contributed by atoms with Crippen molar-refractivity contribution in [2.24, 2.45) is 5.10 Å². The van der Waals surface area contributed by atoms with E-state index in [1.807, 2.05) is 13.0 Å². The van der Waals surface area contributed by atoms with Crippen molar-refractivity contribution >= 4 is 27.3 Å². The smallest absolute Gasteiger partial charge is 0.260 e. The molecule has 1 aromatic rings. The zero-order valence-electron chi connectivity index (χ0n) is 14.9. The lowest BCUT2D eigenvalue weighted by Gasteiger charge is -2.24. The summed E-state index contributed by atoms with van der Waals surface area (Å²) in [5.41, 5.74) is 4.64. The molecule has 0 aromatic heterocycles. The molecule has 1 saturated carbocycles. The number of sulfonamides is 1. The Bertz CT molecular complexity index is 751. The van der Waals surface area contributed by atoms with Crippen molar-refractivity contribution in [3.8, 4) is 5.75 Å². The molecule has 0 saturated heterocycles. The van der Waals surface area contributed by atoms with Gasteiger partial charge < -0.3 is 4.74 Å². The van der Waals surface area contributed by atoms with E-state index >= 15 is 0 Å². The van der Waals surface area contributed by atoms with Gasteiger partial charge in [0.05, 0.1) is 19.1 Å². The number of ether oxygens (including phenoxy) is 1. The first kappa shape index (κ1) is 19.2. The fourth-order valence-electron chi connectivity index (χ4n) is 2.75. The van der Waals surface area contributed by atoms with Gasteiger partial charge in [-0.15, -0.1) is 0 Å². The average molecular weight is 367 g/mol. The van der Waals surface area contributed by atoms with Crippen LogP contribution in [0.25, 0.3) is 0 Å². The molecule has 0 aliphatic heterocycles. The number of anilines is 1. The lowest BCUT2D eigenvalue weighted by Crippen LogP contribution is -2.39. The van der Waals surface area contributed by atoms with Crippen molar-refractivity contribution in [3.05, 3.63) is 23.8 Å². The highest BCUT2D eigenvalue weighted by Gasteiger charge is 2.24. The second kappa shape index (κ2) is 8.33. The Balaban J connectivity index is 2.19. The van der Waals surface area contributed by atoms with E-state index in [-0.39, 0.29) is 6.54 Å². The fourth-order valence-corrected chi connectivity index (χ4v) is 3.61. The number of hydrogen-bond acceptors (Lipinski definition) is 5. The van der Waals surface area contributed by atoms with Crippen molar-refractivity contribution in [3.63, 3.8) is 0 Å². The molecule has 1 fully saturated rings. The van der Waals surface area contributed by atoms with Crippen LogP contribution in [0.5, 0.6) is 5.75 Å². The van der Waals surface area contributed by atoms with Crippen LogP contribution in [-0.4, -0.2) is 39.9 Å². The number of hydrogen-bond donors (Lipinski definition) is 1. The van der Waals surface area contributed by atoms with Crippen molar-refractivity contribution in [2.45, 2.75) is 39.0 Å². The molecule has 7 nitrogen and oxygen atoms in total. The minimum Gasteiger partial charge on any atom is -0.495 e. The van der Waals surface area contributed by atoms with Crippen molar-refractivity contribution < 1.29 is 17.9 Å². The van der Waals surface area contributed by atoms with Gasteiger partial charge in [0.15, 0.2) is 0 Å². The summed E-state index contributed by atoms with van der Waals surface area (Å²) < 4.78 is 30.7. The number of methoxy groups -OCH3 is 1. The number of aryl methyl sites for hydroxylation is 1. The molecule has 138 valence electrons. The summed E-state index contributed by atoms with van der Waals surface area (Å²) in [6.07, 6.45) is 6.15. The van der Waals surface area contributed by atoms with Crippen LogP contribution in [0.2, 0.25) is 0 Å². The molecule has 1 N–H and O–H groups in total. The maximum absolute atomic E-state index is 12.2. The van der Waals surface area contributed by atoms with Crippen LogP contribution in [-0.2, 0) is 14.8 Å². The van der Waals surface area contributed by atoms with E-state index in [9.17, 15) is 13.2 Å². The maximum atomic E-state index is 12.2. The largest absolute Gasteiger partial charge is 0.495 e. The van der Waals surface area contributed by atoms with Gasteiger partial charge in [-0.2, -0.15) is 5.10 Å². The van der Waals surface area contributed by atoms with Crippen LogP contribution < -0.4 is 14.5 Å². The molecule has 0 spiro atoms. The van der Waals surface area contributed by atoms with Gasteiger partial charge in [0, 0.05) is 5.71 Å². The van der Waals surface area contributed by atoms with Crippen LogP contribution in [0.15, 0.2) is 23.3 Å². The highest BCUT2D eigenvalue weighted by Crippen LogP contribution is 2.30. The van der Waals surface area contributed by atoms with Gasteiger partial charge in [-0.3, -0.25) is 9.10 Å². The second-order valence-corrected chi connectivity index (χ2v) is 8.13. The normalized spacial score (nSPS) is 14.8. The molecule has 1 amide bonds. The van der Waals surface area contributed by atoms with Crippen molar-refractivity contribution in [2.75, 3.05) is 24.2 Å². The monoisotopic (exact) mass is 367 g/mol. The van der Waals surface area contributed by atoms with Gasteiger partial charge in [0.25, 0.3) is 5.91 Å². The number of rotatable bonds is 6. The van der Waals surface area contributed by atoms with Gasteiger partial charge in [-0.25, -0.2) is 13.8 Å². The number of hydrazone groups is 1. The lowest BCUT2D eigenvalue weighted by molar-refractivity contribution is -0.119. The molecular formula is C17H25N3O4S. The first-order chi connectivity index (χ1) is 11.8. The zero-order valence-corrected chi connectivity index (χ0v) is 15.7. The Hall–Kier alpha value is -2.09. The third kappa shape index (κ3) is 5.45. The van der Waals surface area contributed by atoms with Crippen LogP contribution in [0.4, 0.5) is 5.69 Å². The summed E-state index contributed by atoms with van der Waals surface area (Å²) in [5, 5.41) is 4.14. The minimum atomic E-state index is -3.66. The number of carbonyl (C=O) groups is 1. The molecule has 0 atom stereocenters. The SMILES string of the molecule is COc1ccc(C)cc1N(CC(=O)NN=C1CCCCC1)S(C)(=O)=O. The first-order valence-electron chi connectivity index (χ1n) is 8.28. The van der Waals surface area contributed by atoms with Crippen LogP contribution >= 0.6 is 0 Å². The Labute approximate surface area is 149 Å². The van der Waals surface area contributed by atoms with Gasteiger partial charge in [0.2, 0.25) is 10.0 Å². The predicted molar refractivity (Wildman–Crippen MR) is 98.6 cm³/mol. The number of nitrogens with one attached hydrogen (secondary N) is 1. The molecule has 1 aliphatic carbocycles. The molecule has 1 aliphatic rings. The van der Waals surface area contributed by atoms with Gasteiger partial charge in [-0.05, 0) is 50.3 Å². The summed E-state index contributed by atoms with van der Waals surface area (Å²) in [6, 6.07) is 5.18. The predicted octanol–water partition coefficient (Wildman–Crippen LogP) is 2.21. The zero-order chi connectivity index (χ0) is 18.4. The second-order valence-electron chi connectivity index (χ2n) is 6.22. The van der Waals surface area contributed by atoms with Gasteiger partial charge in [0.1, 0.15) is 12.3 Å². The maximum Gasteiger partial charge on any atom is 0.260 e. The van der Waals surface area contributed by atoms with Gasteiger partial charge in [-0.1, -0.05) is 12.5 Å². The molecule has 25 heavy (non-hydrogen) atoms. The molecule has 2 rings (SSSR count). The first-order valence-corrected chi connectivity index (χ1v) is 10.1. The van der Waals surface area contributed by atoms with Gasteiger partial charge >= 0.3 is 0 Å². The van der Waals surface area contributed by atoms with E-state index in [2.05, 4.69) is 10.5 Å². The third-order valence-electron chi connectivity index (χ3n) is 4.06. The third-order valence-corrected chi connectivity index (χ3v) is 5.19. The Kier molecular flexibility index (Phi) is 6.41. The summed E-state index contributed by atoms with van der Waals surface area (Å²) in [4.78, 5) is 12.2.